The number of halogens is 1. The molecule has 3 N–H and O–H groups in total. The number of amides is 3. The SMILES string of the molecule is CCN1CCN(CCCN2CC[C@@H](NC(=O)c3cc(Cl)c(N)cc3OC)[C@@H](OC)C2)C1=O. The summed E-state index contributed by atoms with van der Waals surface area (Å²) < 4.78 is 11.0. The van der Waals surface area contributed by atoms with Crippen LogP contribution in [0, 0.1) is 0 Å². The first-order valence-electron chi connectivity index (χ1n) is 11.1. The van der Waals surface area contributed by atoms with E-state index in [0.717, 1.165) is 58.7 Å². The zero-order chi connectivity index (χ0) is 23.3. The Hall–Kier alpha value is -2.23. The minimum absolute atomic E-state index is 0.122. The Labute approximate surface area is 194 Å². The molecule has 0 saturated carbocycles. The predicted octanol–water partition coefficient (Wildman–Crippen LogP) is 1.90. The number of benzene rings is 1. The Kier molecular flexibility index (Phi) is 8.44. The molecular weight excluding hydrogens is 434 g/mol. The van der Waals surface area contributed by atoms with E-state index in [1.807, 2.05) is 16.7 Å². The summed E-state index contributed by atoms with van der Waals surface area (Å²) in [6.07, 6.45) is 1.55. The fourth-order valence-corrected chi connectivity index (χ4v) is 4.53. The fourth-order valence-electron chi connectivity index (χ4n) is 4.37. The summed E-state index contributed by atoms with van der Waals surface area (Å²) in [6, 6.07) is 3.10. The van der Waals surface area contributed by atoms with Gasteiger partial charge in [-0.2, -0.15) is 0 Å². The zero-order valence-corrected chi connectivity index (χ0v) is 19.9. The summed E-state index contributed by atoms with van der Waals surface area (Å²) in [5.41, 5.74) is 6.53. The van der Waals surface area contributed by atoms with Crippen LogP contribution in [0.2, 0.25) is 5.02 Å². The number of nitrogens with zero attached hydrogens (tertiary/aromatic N) is 3. The van der Waals surface area contributed by atoms with Crippen molar-refractivity contribution in [3.8, 4) is 5.75 Å². The lowest BCUT2D eigenvalue weighted by molar-refractivity contribution is 0.00575. The van der Waals surface area contributed by atoms with Crippen LogP contribution in [0.5, 0.6) is 5.75 Å². The van der Waals surface area contributed by atoms with E-state index in [-0.39, 0.29) is 24.1 Å². The van der Waals surface area contributed by atoms with Crippen LogP contribution >= 0.6 is 11.6 Å². The van der Waals surface area contributed by atoms with Crippen molar-refractivity contribution < 1.29 is 19.1 Å². The first-order valence-corrected chi connectivity index (χ1v) is 11.5. The third-order valence-electron chi connectivity index (χ3n) is 6.29. The molecule has 2 aliphatic heterocycles. The Morgan fingerprint density at radius 2 is 1.97 bits per heavy atom. The quantitative estimate of drug-likeness (QED) is 0.538. The van der Waals surface area contributed by atoms with Crippen molar-refractivity contribution in [2.45, 2.75) is 31.9 Å². The van der Waals surface area contributed by atoms with Gasteiger partial charge in [0.15, 0.2) is 0 Å². The van der Waals surface area contributed by atoms with Crippen molar-refractivity contribution in [2.75, 3.05) is 65.8 Å². The maximum atomic E-state index is 12.9. The molecule has 3 amide bonds. The van der Waals surface area contributed by atoms with Gasteiger partial charge >= 0.3 is 6.03 Å². The molecule has 3 rings (SSSR count). The molecule has 0 unspecified atom stereocenters. The predicted molar refractivity (Wildman–Crippen MR) is 124 cm³/mol. The van der Waals surface area contributed by atoms with E-state index < -0.39 is 0 Å². The van der Waals surface area contributed by atoms with E-state index in [1.54, 1.807) is 13.2 Å². The first kappa shape index (κ1) is 24.4. The van der Waals surface area contributed by atoms with Gasteiger partial charge in [-0.25, -0.2) is 4.79 Å². The Balaban J connectivity index is 1.51. The largest absolute Gasteiger partial charge is 0.496 e. The summed E-state index contributed by atoms with van der Waals surface area (Å²) in [5.74, 6) is 0.117. The molecule has 0 radical (unpaired) electrons. The van der Waals surface area contributed by atoms with Crippen molar-refractivity contribution in [2.24, 2.45) is 0 Å². The van der Waals surface area contributed by atoms with Gasteiger partial charge in [0.2, 0.25) is 0 Å². The van der Waals surface area contributed by atoms with Gasteiger partial charge in [0, 0.05) is 52.4 Å². The van der Waals surface area contributed by atoms with Gasteiger partial charge in [0.05, 0.1) is 35.5 Å². The Bertz CT molecular complexity index is 824. The number of hydrogen-bond acceptors (Lipinski definition) is 6. The standard InChI is InChI=1S/C22H34ClN5O4/c1-4-27-10-11-28(22(27)30)8-5-7-26-9-6-18(20(14-26)32-3)25-21(29)15-12-16(23)17(24)13-19(15)31-2/h12-13,18,20H,4-11,14,24H2,1-3H3,(H,25,29)/t18-,20+/m1/s1. The van der Waals surface area contributed by atoms with Crippen molar-refractivity contribution >= 4 is 29.2 Å². The van der Waals surface area contributed by atoms with E-state index >= 15 is 0 Å². The molecular formula is C22H34ClN5O4. The van der Waals surface area contributed by atoms with Crippen molar-refractivity contribution in [3.63, 3.8) is 0 Å². The molecule has 2 atom stereocenters. The molecule has 0 spiro atoms. The third kappa shape index (κ3) is 5.57. The van der Waals surface area contributed by atoms with E-state index in [9.17, 15) is 9.59 Å². The summed E-state index contributed by atoms with van der Waals surface area (Å²) >= 11 is 6.11. The first-order chi connectivity index (χ1) is 15.4. The second kappa shape index (κ2) is 11.1. The lowest BCUT2D eigenvalue weighted by atomic mass is 10.0. The number of hydrogen-bond donors (Lipinski definition) is 2. The van der Waals surface area contributed by atoms with Crippen LogP contribution in [-0.4, -0.2) is 98.8 Å². The van der Waals surface area contributed by atoms with Gasteiger partial charge in [0.25, 0.3) is 5.91 Å². The topological polar surface area (TPSA) is 100 Å². The lowest BCUT2D eigenvalue weighted by Gasteiger charge is -2.38. The lowest BCUT2D eigenvalue weighted by Crippen LogP contribution is -2.55. The average molecular weight is 468 g/mol. The number of likely N-dealkylation sites (N-methyl/N-ethyl adjacent to an activating group) is 1. The number of methoxy groups -OCH3 is 2. The van der Waals surface area contributed by atoms with Gasteiger partial charge < -0.3 is 35.2 Å². The minimum atomic E-state index is -0.266. The summed E-state index contributed by atoms with van der Waals surface area (Å²) in [4.78, 5) is 31.2. The fraction of sp³-hybridized carbons (Fsp3) is 0.636. The van der Waals surface area contributed by atoms with E-state index in [2.05, 4.69) is 10.2 Å². The molecule has 2 aliphatic rings. The van der Waals surface area contributed by atoms with Gasteiger partial charge in [-0.15, -0.1) is 0 Å². The smallest absolute Gasteiger partial charge is 0.320 e. The van der Waals surface area contributed by atoms with Gasteiger partial charge in [-0.05, 0) is 32.4 Å². The number of carbonyl (C=O) groups is 2. The maximum absolute atomic E-state index is 12.9. The highest BCUT2D eigenvalue weighted by Gasteiger charge is 2.32. The van der Waals surface area contributed by atoms with Crippen LogP contribution in [0.1, 0.15) is 30.1 Å². The molecule has 1 aromatic rings. The Morgan fingerprint density at radius 3 is 2.62 bits per heavy atom. The number of ether oxygens (including phenoxy) is 2. The highest BCUT2D eigenvalue weighted by Crippen LogP contribution is 2.29. The third-order valence-corrected chi connectivity index (χ3v) is 6.62. The van der Waals surface area contributed by atoms with Gasteiger partial charge in [-0.3, -0.25) is 4.79 Å². The normalized spacial score (nSPS) is 21.8. The molecule has 2 fully saturated rings. The van der Waals surface area contributed by atoms with E-state index in [1.165, 1.54) is 13.2 Å². The van der Waals surface area contributed by atoms with Crippen LogP contribution < -0.4 is 15.8 Å². The second-order valence-electron chi connectivity index (χ2n) is 8.22. The molecule has 0 bridgehead atoms. The minimum Gasteiger partial charge on any atom is -0.496 e. The Morgan fingerprint density at radius 1 is 1.22 bits per heavy atom. The van der Waals surface area contributed by atoms with Crippen molar-refractivity contribution in [3.05, 3.63) is 22.7 Å². The van der Waals surface area contributed by atoms with Crippen molar-refractivity contribution in [1.29, 1.82) is 0 Å². The van der Waals surface area contributed by atoms with Crippen molar-refractivity contribution in [1.82, 2.24) is 20.0 Å². The number of rotatable bonds is 9. The van der Waals surface area contributed by atoms with Crippen LogP contribution in [0.3, 0.4) is 0 Å². The second-order valence-corrected chi connectivity index (χ2v) is 8.63. The number of anilines is 1. The van der Waals surface area contributed by atoms with Gasteiger partial charge in [0.1, 0.15) is 5.75 Å². The van der Waals surface area contributed by atoms with E-state index in [4.69, 9.17) is 26.8 Å². The van der Waals surface area contributed by atoms with Crippen LogP contribution in [0.25, 0.3) is 0 Å². The monoisotopic (exact) mass is 467 g/mol. The number of nitrogens with two attached hydrogens (primary N) is 1. The molecule has 1 aromatic carbocycles. The number of likely N-dealkylation sites (tertiary alicyclic amines) is 1. The summed E-state index contributed by atoms with van der Waals surface area (Å²) in [7, 11) is 3.15. The molecule has 0 aliphatic carbocycles. The summed E-state index contributed by atoms with van der Waals surface area (Å²) in [5, 5.41) is 3.38. The zero-order valence-electron chi connectivity index (χ0n) is 19.1. The van der Waals surface area contributed by atoms with Gasteiger partial charge in [-0.1, -0.05) is 11.6 Å². The van der Waals surface area contributed by atoms with Crippen LogP contribution in [0.15, 0.2) is 12.1 Å². The molecule has 0 aromatic heterocycles. The molecule has 2 saturated heterocycles. The van der Waals surface area contributed by atoms with E-state index in [0.29, 0.717) is 22.0 Å². The van der Waals surface area contributed by atoms with Crippen LogP contribution in [0.4, 0.5) is 10.5 Å². The number of piperidine rings is 1. The highest BCUT2D eigenvalue weighted by atomic mass is 35.5. The average Bonchev–Trinajstić information content (AvgIpc) is 3.15. The molecule has 10 heteroatoms. The highest BCUT2D eigenvalue weighted by molar-refractivity contribution is 6.33. The molecule has 9 nitrogen and oxygen atoms in total. The molecule has 178 valence electrons. The number of urea groups is 1. The maximum Gasteiger partial charge on any atom is 0.320 e. The number of carbonyl (C=O) groups excluding carboxylic acids is 2. The molecule has 32 heavy (non-hydrogen) atoms. The number of nitrogen functional groups attached to an aromatic ring is 1. The molecule has 2 heterocycles. The van der Waals surface area contributed by atoms with Crippen LogP contribution in [-0.2, 0) is 4.74 Å². The number of nitrogens with one attached hydrogen (secondary N) is 1. The summed E-state index contributed by atoms with van der Waals surface area (Å²) in [6.45, 7) is 7.61.